The third-order valence-electron chi connectivity index (χ3n) is 3.93. The fourth-order valence-electron chi connectivity index (χ4n) is 2.62. The summed E-state index contributed by atoms with van der Waals surface area (Å²) in [5.41, 5.74) is -0.294. The molecule has 24 heavy (non-hydrogen) atoms. The predicted octanol–water partition coefficient (Wildman–Crippen LogP) is 1.90. The Hall–Kier alpha value is -1.74. The highest BCUT2D eigenvalue weighted by Crippen LogP contribution is 2.27. The lowest BCUT2D eigenvalue weighted by atomic mass is 10.1. The highest BCUT2D eigenvalue weighted by molar-refractivity contribution is 7.89. The van der Waals surface area contributed by atoms with Crippen molar-refractivity contribution < 1.29 is 27.1 Å². The van der Waals surface area contributed by atoms with Crippen molar-refractivity contribution in [1.82, 2.24) is 9.21 Å². The molecule has 0 unspecified atom stereocenters. The summed E-state index contributed by atoms with van der Waals surface area (Å²) in [7, 11) is -3.76. The molecule has 0 bridgehead atoms. The molecule has 1 fully saturated rings. The zero-order chi connectivity index (χ0) is 17.9. The van der Waals surface area contributed by atoms with Gasteiger partial charge in [-0.25, -0.2) is 17.2 Å². The molecule has 1 amide bonds. The quantitative estimate of drug-likeness (QED) is 0.838. The van der Waals surface area contributed by atoms with E-state index in [1.807, 2.05) is 0 Å². The molecule has 9 heteroatoms. The number of aromatic hydroxyl groups is 1. The second-order valence-electron chi connectivity index (χ2n) is 5.53. The first kappa shape index (κ1) is 18.6. The van der Waals surface area contributed by atoms with E-state index in [1.54, 1.807) is 0 Å². The van der Waals surface area contributed by atoms with Crippen molar-refractivity contribution >= 4 is 15.9 Å². The summed E-state index contributed by atoms with van der Waals surface area (Å²) in [6, 6.07) is 3.37. The fraction of sp³-hybridized carbons (Fsp3) is 0.533. The van der Waals surface area contributed by atoms with Crippen molar-refractivity contribution in [3.8, 4) is 5.75 Å². The van der Waals surface area contributed by atoms with Gasteiger partial charge in [0.1, 0.15) is 5.75 Å². The second-order valence-corrected chi connectivity index (χ2v) is 7.46. The van der Waals surface area contributed by atoms with E-state index in [4.69, 9.17) is 0 Å². The lowest BCUT2D eigenvalue weighted by Gasteiger charge is -2.22. The third kappa shape index (κ3) is 3.84. The smallest absolute Gasteiger partial charge is 0.257 e. The molecule has 0 saturated carbocycles. The zero-order valence-electron chi connectivity index (χ0n) is 13.3. The second kappa shape index (κ2) is 7.43. The van der Waals surface area contributed by atoms with Gasteiger partial charge in [0.05, 0.1) is 17.0 Å². The minimum atomic E-state index is -3.76. The topological polar surface area (TPSA) is 77.9 Å². The number of hydrogen-bond donors (Lipinski definition) is 1. The van der Waals surface area contributed by atoms with Gasteiger partial charge < -0.3 is 10.0 Å². The molecule has 1 aliphatic rings. The Labute approximate surface area is 139 Å². The summed E-state index contributed by atoms with van der Waals surface area (Å²) in [5, 5.41) is 9.87. The van der Waals surface area contributed by atoms with Crippen LogP contribution in [0.1, 0.15) is 30.1 Å². The molecule has 0 radical (unpaired) electrons. The Kier molecular flexibility index (Phi) is 5.76. The number of carbonyl (C=O) groups is 1. The molecule has 1 aromatic carbocycles. The summed E-state index contributed by atoms with van der Waals surface area (Å²) in [4.78, 5) is 13.1. The van der Waals surface area contributed by atoms with Gasteiger partial charge in [0.15, 0.2) is 0 Å². The molecular weight excluding hydrogens is 342 g/mol. The van der Waals surface area contributed by atoms with Crippen LogP contribution in [-0.4, -0.2) is 61.2 Å². The molecule has 0 atom stereocenters. The first-order chi connectivity index (χ1) is 11.3. The Morgan fingerprint density at radius 1 is 1.33 bits per heavy atom. The highest BCUT2D eigenvalue weighted by Gasteiger charge is 2.29. The van der Waals surface area contributed by atoms with Gasteiger partial charge in [-0.05, 0) is 38.0 Å². The summed E-state index contributed by atoms with van der Waals surface area (Å²) in [5.74, 6) is -1.26. The number of rotatable bonds is 6. The van der Waals surface area contributed by atoms with E-state index >= 15 is 0 Å². The molecule has 1 aromatic rings. The summed E-state index contributed by atoms with van der Waals surface area (Å²) in [6.45, 7) is 1.57. The van der Waals surface area contributed by atoms with Crippen molar-refractivity contribution in [3.05, 3.63) is 23.8 Å². The van der Waals surface area contributed by atoms with E-state index in [0.29, 0.717) is 13.1 Å². The van der Waals surface area contributed by atoms with E-state index < -0.39 is 34.7 Å². The molecule has 1 saturated heterocycles. The van der Waals surface area contributed by atoms with Crippen LogP contribution in [0.25, 0.3) is 0 Å². The first-order valence-corrected chi connectivity index (χ1v) is 9.12. The molecule has 1 N–H and O–H groups in total. The largest absolute Gasteiger partial charge is 0.507 e. The van der Waals surface area contributed by atoms with Crippen molar-refractivity contribution in [1.29, 1.82) is 0 Å². The van der Waals surface area contributed by atoms with Crippen LogP contribution in [0.2, 0.25) is 0 Å². The van der Waals surface area contributed by atoms with E-state index in [9.17, 15) is 27.1 Å². The van der Waals surface area contributed by atoms with Crippen LogP contribution >= 0.6 is 0 Å². The van der Waals surface area contributed by atoms with E-state index in [0.717, 1.165) is 29.9 Å². The molecule has 1 aliphatic heterocycles. The van der Waals surface area contributed by atoms with Crippen LogP contribution in [0.3, 0.4) is 0 Å². The van der Waals surface area contributed by atoms with Gasteiger partial charge in [-0.2, -0.15) is 4.31 Å². The Morgan fingerprint density at radius 3 is 2.50 bits per heavy atom. The predicted molar refractivity (Wildman–Crippen MR) is 83.7 cm³/mol. The average molecular weight is 362 g/mol. The lowest BCUT2D eigenvalue weighted by Crippen LogP contribution is -2.35. The van der Waals surface area contributed by atoms with E-state index in [2.05, 4.69) is 0 Å². The number of halogens is 2. The molecule has 0 aromatic heterocycles. The number of hydrogen-bond acceptors (Lipinski definition) is 4. The Morgan fingerprint density at radius 2 is 1.96 bits per heavy atom. The lowest BCUT2D eigenvalue weighted by molar-refractivity contribution is 0.0566. The normalized spacial score (nSPS) is 15.8. The minimum absolute atomic E-state index is 0.0196. The number of sulfonamides is 1. The SMILES string of the molecule is CCN(CC(F)F)C(=O)c1cc(S(=O)(=O)N2CCCC2)ccc1O. The highest BCUT2D eigenvalue weighted by atomic mass is 32.2. The Bertz CT molecular complexity index is 703. The molecule has 0 spiro atoms. The monoisotopic (exact) mass is 362 g/mol. The maximum Gasteiger partial charge on any atom is 0.257 e. The van der Waals surface area contributed by atoms with Gasteiger partial charge in [-0.1, -0.05) is 0 Å². The van der Waals surface area contributed by atoms with Gasteiger partial charge in [0, 0.05) is 19.6 Å². The average Bonchev–Trinajstić information content (AvgIpc) is 3.07. The summed E-state index contributed by atoms with van der Waals surface area (Å²) >= 11 is 0. The fourth-order valence-corrected chi connectivity index (χ4v) is 4.16. The van der Waals surface area contributed by atoms with Gasteiger partial charge in [-0.3, -0.25) is 4.79 Å². The first-order valence-electron chi connectivity index (χ1n) is 7.68. The van der Waals surface area contributed by atoms with E-state index in [-0.39, 0.29) is 17.0 Å². The number of phenolic OH excluding ortho intramolecular Hbond substituents is 1. The molecule has 1 heterocycles. The molecule has 0 aliphatic carbocycles. The summed E-state index contributed by atoms with van der Waals surface area (Å²) < 4.78 is 51.5. The zero-order valence-corrected chi connectivity index (χ0v) is 14.1. The molecule has 2 rings (SSSR count). The van der Waals surface area contributed by atoms with Gasteiger partial charge in [0.25, 0.3) is 12.3 Å². The van der Waals surface area contributed by atoms with Crippen molar-refractivity contribution in [2.75, 3.05) is 26.2 Å². The van der Waals surface area contributed by atoms with Crippen LogP contribution in [0, 0.1) is 0 Å². The number of nitrogens with zero attached hydrogens (tertiary/aromatic N) is 2. The molecular formula is C15H20F2N2O4S. The van der Waals surface area contributed by atoms with E-state index in [1.165, 1.54) is 17.3 Å². The van der Waals surface area contributed by atoms with Crippen molar-refractivity contribution in [2.45, 2.75) is 31.1 Å². The van der Waals surface area contributed by atoms with Crippen LogP contribution in [0.15, 0.2) is 23.1 Å². The van der Waals surface area contributed by atoms with Gasteiger partial charge >= 0.3 is 0 Å². The standard InChI is InChI=1S/C15H20F2N2O4S/c1-2-18(10-14(16)17)15(21)12-9-11(5-6-13(12)20)24(22,23)19-7-3-4-8-19/h5-6,9,14,20H,2-4,7-8,10H2,1H3. The van der Waals surface area contributed by atoms with Gasteiger partial charge in [-0.15, -0.1) is 0 Å². The van der Waals surface area contributed by atoms with Crippen LogP contribution in [0.4, 0.5) is 8.78 Å². The minimum Gasteiger partial charge on any atom is -0.507 e. The third-order valence-corrected chi connectivity index (χ3v) is 5.82. The number of carbonyl (C=O) groups excluding carboxylic acids is 1. The molecule has 6 nitrogen and oxygen atoms in total. The number of benzene rings is 1. The number of alkyl halides is 2. The van der Waals surface area contributed by atoms with Crippen LogP contribution < -0.4 is 0 Å². The molecule has 134 valence electrons. The maximum atomic E-state index is 12.6. The van der Waals surface area contributed by atoms with Crippen molar-refractivity contribution in [3.63, 3.8) is 0 Å². The van der Waals surface area contributed by atoms with Crippen LogP contribution in [0.5, 0.6) is 5.75 Å². The maximum absolute atomic E-state index is 12.6. The van der Waals surface area contributed by atoms with Crippen molar-refractivity contribution in [2.24, 2.45) is 0 Å². The summed E-state index contributed by atoms with van der Waals surface area (Å²) in [6.07, 6.45) is -1.19. The van der Waals surface area contributed by atoms with Gasteiger partial charge in [0.2, 0.25) is 10.0 Å². The Balaban J connectivity index is 2.36. The number of phenols is 1. The number of amides is 1. The van der Waals surface area contributed by atoms with Crippen LogP contribution in [-0.2, 0) is 10.0 Å².